The summed E-state index contributed by atoms with van der Waals surface area (Å²) >= 11 is 5.86. The fraction of sp³-hybridized carbons (Fsp3) is 0.217. The Morgan fingerprint density at radius 2 is 1.77 bits per heavy atom. The van der Waals surface area contributed by atoms with Crippen molar-refractivity contribution >= 4 is 39.9 Å². The minimum atomic E-state index is -0.605. The number of nitrogens with zero attached hydrogens (tertiary/aromatic N) is 1. The van der Waals surface area contributed by atoms with E-state index in [9.17, 15) is 14.0 Å². The third-order valence-corrected chi connectivity index (χ3v) is 5.17. The predicted molar refractivity (Wildman–Crippen MR) is 116 cm³/mol. The van der Waals surface area contributed by atoms with Gasteiger partial charge in [-0.1, -0.05) is 35.9 Å². The molecule has 2 amide bonds. The molecule has 31 heavy (non-hydrogen) atoms. The van der Waals surface area contributed by atoms with E-state index < -0.39 is 18.3 Å². The molecule has 1 aliphatic rings. The average Bonchev–Trinajstić information content (AvgIpc) is 2.79. The molecule has 0 saturated carbocycles. The molecule has 1 heterocycles. The van der Waals surface area contributed by atoms with Gasteiger partial charge < -0.3 is 19.7 Å². The van der Waals surface area contributed by atoms with Gasteiger partial charge in [0.15, 0.2) is 6.61 Å². The monoisotopic (exact) mass is 442 g/mol. The summed E-state index contributed by atoms with van der Waals surface area (Å²) < 4.78 is 24.9. The maximum Gasteiger partial charge on any atom is 0.262 e. The van der Waals surface area contributed by atoms with Crippen molar-refractivity contribution in [3.05, 3.63) is 71.0 Å². The zero-order valence-electron chi connectivity index (χ0n) is 16.6. The predicted octanol–water partition coefficient (Wildman–Crippen LogP) is 4.12. The Balaban J connectivity index is 1.56. The summed E-state index contributed by atoms with van der Waals surface area (Å²) in [5, 5.41) is 4.49. The maximum atomic E-state index is 13.9. The number of carbonyl (C=O) groups is 2. The van der Waals surface area contributed by atoms with Gasteiger partial charge in [-0.3, -0.25) is 9.59 Å². The molecule has 1 saturated heterocycles. The van der Waals surface area contributed by atoms with Crippen molar-refractivity contribution in [1.82, 2.24) is 4.90 Å². The van der Waals surface area contributed by atoms with Crippen molar-refractivity contribution < 1.29 is 23.5 Å². The Morgan fingerprint density at radius 3 is 2.52 bits per heavy atom. The van der Waals surface area contributed by atoms with E-state index in [0.29, 0.717) is 36.9 Å². The molecule has 8 heteroatoms. The highest BCUT2D eigenvalue weighted by molar-refractivity contribution is 6.30. The van der Waals surface area contributed by atoms with Gasteiger partial charge >= 0.3 is 0 Å². The van der Waals surface area contributed by atoms with Gasteiger partial charge in [-0.25, -0.2) is 4.39 Å². The molecular formula is C23H20ClFN2O4. The first-order valence-electron chi connectivity index (χ1n) is 9.79. The van der Waals surface area contributed by atoms with Crippen LogP contribution >= 0.6 is 11.6 Å². The van der Waals surface area contributed by atoms with Crippen molar-refractivity contribution in [2.24, 2.45) is 0 Å². The first-order chi connectivity index (χ1) is 15.0. The largest absolute Gasteiger partial charge is 0.483 e. The van der Waals surface area contributed by atoms with Gasteiger partial charge in [0.2, 0.25) is 0 Å². The second-order valence-corrected chi connectivity index (χ2v) is 7.50. The van der Waals surface area contributed by atoms with Crippen LogP contribution in [0.1, 0.15) is 10.4 Å². The van der Waals surface area contributed by atoms with Gasteiger partial charge in [0.05, 0.1) is 24.5 Å². The lowest BCUT2D eigenvalue weighted by Gasteiger charge is -2.27. The lowest BCUT2D eigenvalue weighted by molar-refractivity contribution is -0.118. The first kappa shape index (κ1) is 21.1. The van der Waals surface area contributed by atoms with Gasteiger partial charge in [-0.2, -0.15) is 0 Å². The number of morpholine rings is 1. The van der Waals surface area contributed by atoms with Crippen LogP contribution in [0.3, 0.4) is 0 Å². The van der Waals surface area contributed by atoms with E-state index >= 15 is 0 Å². The second kappa shape index (κ2) is 9.32. The van der Waals surface area contributed by atoms with Crippen LogP contribution in [0.5, 0.6) is 5.75 Å². The van der Waals surface area contributed by atoms with Crippen molar-refractivity contribution in [2.75, 3.05) is 38.2 Å². The number of halogens is 2. The number of hydrogen-bond acceptors (Lipinski definition) is 4. The van der Waals surface area contributed by atoms with E-state index in [1.807, 2.05) is 24.3 Å². The van der Waals surface area contributed by atoms with E-state index in [1.54, 1.807) is 17.0 Å². The van der Waals surface area contributed by atoms with Gasteiger partial charge in [0, 0.05) is 18.1 Å². The second-order valence-electron chi connectivity index (χ2n) is 7.06. The summed E-state index contributed by atoms with van der Waals surface area (Å²) in [6, 6.07) is 14.9. The van der Waals surface area contributed by atoms with Crippen LogP contribution in [-0.4, -0.2) is 49.6 Å². The van der Waals surface area contributed by atoms with Crippen molar-refractivity contribution in [3.8, 4) is 5.75 Å². The highest BCUT2D eigenvalue weighted by atomic mass is 35.5. The summed E-state index contributed by atoms with van der Waals surface area (Å²) in [6.45, 7) is 1.53. The molecule has 0 atom stereocenters. The van der Waals surface area contributed by atoms with E-state index in [-0.39, 0.29) is 17.3 Å². The molecule has 0 aromatic heterocycles. The van der Waals surface area contributed by atoms with Crippen LogP contribution in [0.25, 0.3) is 10.8 Å². The number of hydrogen-bond donors (Lipinski definition) is 1. The summed E-state index contributed by atoms with van der Waals surface area (Å²) in [7, 11) is 0. The zero-order valence-corrected chi connectivity index (χ0v) is 17.3. The van der Waals surface area contributed by atoms with Crippen LogP contribution in [0, 0.1) is 5.82 Å². The minimum absolute atomic E-state index is 0.0378. The number of anilines is 1. The molecule has 1 N–H and O–H groups in total. The van der Waals surface area contributed by atoms with Crippen LogP contribution in [0.15, 0.2) is 54.6 Å². The quantitative estimate of drug-likeness (QED) is 0.645. The number of amides is 2. The lowest BCUT2D eigenvalue weighted by atomic mass is 10.0. The Kier molecular flexibility index (Phi) is 6.34. The Labute approximate surface area is 183 Å². The number of ether oxygens (including phenoxy) is 2. The van der Waals surface area contributed by atoms with Gasteiger partial charge in [-0.05, 0) is 41.1 Å². The smallest absolute Gasteiger partial charge is 0.262 e. The van der Waals surface area contributed by atoms with E-state index in [0.717, 1.165) is 10.8 Å². The summed E-state index contributed by atoms with van der Waals surface area (Å²) in [5.74, 6) is -1.08. The van der Waals surface area contributed by atoms with Crippen molar-refractivity contribution in [3.63, 3.8) is 0 Å². The van der Waals surface area contributed by atoms with Gasteiger partial charge in [-0.15, -0.1) is 0 Å². The van der Waals surface area contributed by atoms with Crippen molar-refractivity contribution in [1.29, 1.82) is 0 Å². The van der Waals surface area contributed by atoms with Crippen LogP contribution < -0.4 is 10.1 Å². The fourth-order valence-electron chi connectivity index (χ4n) is 3.37. The highest BCUT2D eigenvalue weighted by Crippen LogP contribution is 2.28. The molecule has 160 valence electrons. The Hall–Kier alpha value is -3.16. The molecule has 0 bridgehead atoms. The first-order valence-corrected chi connectivity index (χ1v) is 10.2. The van der Waals surface area contributed by atoms with Crippen LogP contribution in [-0.2, 0) is 9.53 Å². The molecule has 0 unspecified atom stereocenters. The van der Waals surface area contributed by atoms with Gasteiger partial charge in [0.1, 0.15) is 11.6 Å². The van der Waals surface area contributed by atoms with Gasteiger partial charge in [0.25, 0.3) is 11.8 Å². The molecular weight excluding hydrogens is 423 g/mol. The van der Waals surface area contributed by atoms with Crippen LogP contribution in [0.2, 0.25) is 5.02 Å². The van der Waals surface area contributed by atoms with E-state index in [2.05, 4.69) is 5.32 Å². The Bertz CT molecular complexity index is 1130. The zero-order chi connectivity index (χ0) is 21.8. The van der Waals surface area contributed by atoms with E-state index in [4.69, 9.17) is 21.1 Å². The summed E-state index contributed by atoms with van der Waals surface area (Å²) in [4.78, 5) is 27.1. The molecule has 6 nitrogen and oxygen atoms in total. The summed E-state index contributed by atoms with van der Waals surface area (Å²) in [5.41, 5.74) is 0.326. The molecule has 0 spiro atoms. The maximum absolute atomic E-state index is 13.9. The molecule has 0 radical (unpaired) electrons. The normalized spacial score (nSPS) is 13.8. The molecule has 3 aromatic carbocycles. The fourth-order valence-corrected chi connectivity index (χ4v) is 3.54. The molecule has 1 aliphatic heterocycles. The standard InChI is InChI=1S/C23H20ClFN2O4/c24-17-5-6-19(25)20(13-17)26-22(28)14-31-21-12-16-4-2-1-3-15(16)11-18(21)23(29)27-7-9-30-10-8-27/h1-6,11-13H,7-10,14H2,(H,26,28). The molecule has 1 fully saturated rings. The number of carbonyl (C=O) groups excluding carboxylic acids is 2. The molecule has 0 aliphatic carbocycles. The molecule has 4 rings (SSSR count). The van der Waals surface area contributed by atoms with Crippen molar-refractivity contribution in [2.45, 2.75) is 0 Å². The third kappa shape index (κ3) is 4.95. The lowest BCUT2D eigenvalue weighted by Crippen LogP contribution is -2.40. The highest BCUT2D eigenvalue weighted by Gasteiger charge is 2.23. The number of rotatable bonds is 5. The summed E-state index contributed by atoms with van der Waals surface area (Å²) in [6.07, 6.45) is 0. The molecule has 3 aromatic rings. The third-order valence-electron chi connectivity index (χ3n) is 4.94. The van der Waals surface area contributed by atoms with E-state index in [1.165, 1.54) is 18.2 Å². The number of fused-ring (bicyclic) bond motifs is 1. The topological polar surface area (TPSA) is 67.9 Å². The number of benzene rings is 3. The number of nitrogens with one attached hydrogen (secondary N) is 1. The minimum Gasteiger partial charge on any atom is -0.483 e. The Morgan fingerprint density at radius 1 is 1.06 bits per heavy atom. The average molecular weight is 443 g/mol. The van der Waals surface area contributed by atoms with Crippen LogP contribution in [0.4, 0.5) is 10.1 Å². The SMILES string of the molecule is O=C(COc1cc2ccccc2cc1C(=O)N1CCOCC1)Nc1cc(Cl)ccc1F.